The third-order valence-electron chi connectivity index (χ3n) is 4.73. The fraction of sp³-hybridized carbons (Fsp3) is 0.400. The van der Waals surface area contributed by atoms with Crippen LogP contribution in [-0.4, -0.2) is 55.1 Å². The molecule has 0 spiro atoms. The molecule has 2 aromatic rings. The minimum atomic E-state index is -0.334. The maximum absolute atomic E-state index is 12.1. The van der Waals surface area contributed by atoms with Crippen molar-refractivity contribution in [3.63, 3.8) is 0 Å². The van der Waals surface area contributed by atoms with Crippen LogP contribution in [0.25, 0.3) is 0 Å². The number of aryl methyl sites for hydroxylation is 1. The molecule has 0 atom stereocenters. The summed E-state index contributed by atoms with van der Waals surface area (Å²) in [6.07, 6.45) is 0.876. The molecule has 0 radical (unpaired) electrons. The molecule has 1 aliphatic rings. The molecule has 3 rings (SSSR count). The smallest absolute Gasteiger partial charge is 0.260 e. The van der Waals surface area contributed by atoms with Gasteiger partial charge in [0.1, 0.15) is 5.56 Å². The fourth-order valence-electron chi connectivity index (χ4n) is 3.22. The van der Waals surface area contributed by atoms with Gasteiger partial charge in [-0.3, -0.25) is 14.5 Å². The molecule has 1 aromatic heterocycles. The number of aromatic amines is 1. The van der Waals surface area contributed by atoms with Crippen LogP contribution in [0.15, 0.2) is 47.3 Å². The zero-order valence-electron chi connectivity index (χ0n) is 15.2. The van der Waals surface area contributed by atoms with Crippen LogP contribution in [0.2, 0.25) is 0 Å². The quantitative estimate of drug-likeness (QED) is 0.774. The minimum Gasteiger partial charge on any atom is -0.369 e. The van der Waals surface area contributed by atoms with Crippen molar-refractivity contribution in [2.45, 2.75) is 13.3 Å². The Kier molecular flexibility index (Phi) is 6.07. The van der Waals surface area contributed by atoms with Crippen LogP contribution >= 0.6 is 0 Å². The zero-order chi connectivity index (χ0) is 18.4. The van der Waals surface area contributed by atoms with Crippen molar-refractivity contribution >= 4 is 11.6 Å². The highest BCUT2D eigenvalue weighted by Gasteiger charge is 2.16. The van der Waals surface area contributed by atoms with Gasteiger partial charge in [0.15, 0.2) is 0 Å². The molecule has 2 heterocycles. The predicted molar refractivity (Wildman–Crippen MR) is 104 cm³/mol. The second-order valence-corrected chi connectivity index (χ2v) is 6.66. The Morgan fingerprint density at radius 1 is 1.08 bits per heavy atom. The van der Waals surface area contributed by atoms with Crippen LogP contribution in [0.4, 0.5) is 5.69 Å². The van der Waals surface area contributed by atoms with Crippen LogP contribution in [0, 0.1) is 6.92 Å². The van der Waals surface area contributed by atoms with E-state index in [0.717, 1.165) is 44.8 Å². The average Bonchev–Trinajstić information content (AvgIpc) is 2.66. The lowest BCUT2D eigenvalue weighted by molar-refractivity contribution is 0.0950. The number of nitrogens with one attached hydrogen (secondary N) is 2. The van der Waals surface area contributed by atoms with Crippen LogP contribution in [0.5, 0.6) is 0 Å². The summed E-state index contributed by atoms with van der Waals surface area (Å²) in [5, 5.41) is 2.84. The van der Waals surface area contributed by atoms with E-state index < -0.39 is 0 Å². The van der Waals surface area contributed by atoms with E-state index in [1.54, 1.807) is 19.1 Å². The van der Waals surface area contributed by atoms with Gasteiger partial charge in [0.2, 0.25) is 0 Å². The van der Waals surface area contributed by atoms with Gasteiger partial charge in [-0.15, -0.1) is 0 Å². The lowest BCUT2D eigenvalue weighted by Gasteiger charge is -2.36. The number of hydrogen-bond acceptors (Lipinski definition) is 4. The number of amides is 1. The minimum absolute atomic E-state index is 0.173. The summed E-state index contributed by atoms with van der Waals surface area (Å²) in [6, 6.07) is 13.8. The van der Waals surface area contributed by atoms with Gasteiger partial charge < -0.3 is 15.2 Å². The van der Waals surface area contributed by atoms with Gasteiger partial charge in [-0.25, -0.2) is 0 Å². The van der Waals surface area contributed by atoms with Crippen molar-refractivity contribution in [3.05, 3.63) is 64.1 Å². The van der Waals surface area contributed by atoms with Crippen LogP contribution < -0.4 is 15.8 Å². The van der Waals surface area contributed by atoms with Gasteiger partial charge in [-0.05, 0) is 44.2 Å². The summed E-state index contributed by atoms with van der Waals surface area (Å²) in [4.78, 5) is 31.3. The average molecular weight is 354 g/mol. The number of para-hydroxylation sites is 1. The summed E-state index contributed by atoms with van der Waals surface area (Å²) in [5.74, 6) is -0.305. The second-order valence-electron chi connectivity index (χ2n) is 6.66. The summed E-state index contributed by atoms with van der Waals surface area (Å²) in [7, 11) is 0. The number of H-pyrrole nitrogens is 1. The van der Waals surface area contributed by atoms with Crippen molar-refractivity contribution in [2.75, 3.05) is 44.2 Å². The third kappa shape index (κ3) is 4.73. The van der Waals surface area contributed by atoms with Crippen molar-refractivity contribution in [1.82, 2.24) is 15.2 Å². The number of rotatable bonds is 6. The Bertz CT molecular complexity index is 780. The summed E-state index contributed by atoms with van der Waals surface area (Å²) >= 11 is 0. The lowest BCUT2D eigenvalue weighted by atomic mass is 10.2. The number of aromatic nitrogens is 1. The van der Waals surface area contributed by atoms with E-state index in [4.69, 9.17) is 0 Å². The first-order chi connectivity index (χ1) is 12.6. The number of carbonyl (C=O) groups is 1. The largest absolute Gasteiger partial charge is 0.369 e. The molecule has 6 nitrogen and oxygen atoms in total. The molecule has 26 heavy (non-hydrogen) atoms. The molecule has 0 saturated carbocycles. The van der Waals surface area contributed by atoms with Gasteiger partial charge >= 0.3 is 0 Å². The fourth-order valence-corrected chi connectivity index (χ4v) is 3.22. The van der Waals surface area contributed by atoms with Gasteiger partial charge in [0.25, 0.3) is 11.5 Å². The van der Waals surface area contributed by atoms with Crippen molar-refractivity contribution < 1.29 is 4.79 Å². The van der Waals surface area contributed by atoms with Crippen molar-refractivity contribution in [2.24, 2.45) is 0 Å². The molecule has 1 aromatic carbocycles. The van der Waals surface area contributed by atoms with E-state index in [0.29, 0.717) is 6.54 Å². The first kappa shape index (κ1) is 18.2. The van der Waals surface area contributed by atoms with E-state index in [-0.39, 0.29) is 17.0 Å². The molecule has 1 fully saturated rings. The van der Waals surface area contributed by atoms with Gasteiger partial charge in [-0.1, -0.05) is 18.2 Å². The molecule has 0 unspecified atom stereocenters. The molecule has 6 heteroatoms. The summed E-state index contributed by atoms with van der Waals surface area (Å²) < 4.78 is 0. The Morgan fingerprint density at radius 3 is 2.50 bits per heavy atom. The van der Waals surface area contributed by atoms with E-state index >= 15 is 0 Å². The maximum Gasteiger partial charge on any atom is 0.260 e. The number of piperazine rings is 1. The van der Waals surface area contributed by atoms with Crippen molar-refractivity contribution in [1.29, 1.82) is 0 Å². The number of nitrogens with zero attached hydrogens (tertiary/aromatic N) is 2. The topological polar surface area (TPSA) is 68.4 Å². The molecule has 1 aliphatic heterocycles. The first-order valence-corrected chi connectivity index (χ1v) is 9.14. The number of pyridine rings is 1. The van der Waals surface area contributed by atoms with Crippen molar-refractivity contribution in [3.8, 4) is 0 Å². The maximum atomic E-state index is 12.1. The number of hydrogen-bond donors (Lipinski definition) is 2. The second kappa shape index (κ2) is 8.67. The molecule has 138 valence electrons. The monoisotopic (exact) mass is 354 g/mol. The van der Waals surface area contributed by atoms with E-state index in [1.165, 1.54) is 5.69 Å². The highest BCUT2D eigenvalue weighted by molar-refractivity contribution is 5.93. The third-order valence-corrected chi connectivity index (χ3v) is 4.73. The van der Waals surface area contributed by atoms with Crippen LogP contribution in [0.1, 0.15) is 22.5 Å². The SMILES string of the molecule is Cc1ccc(C(=O)NCCCN2CCN(c3ccccc3)CC2)c(=O)[nH]1. The molecular formula is C20H26N4O2. The Balaban J connectivity index is 1.37. The number of anilines is 1. The highest BCUT2D eigenvalue weighted by Crippen LogP contribution is 2.15. The molecule has 0 bridgehead atoms. The lowest BCUT2D eigenvalue weighted by Crippen LogP contribution is -2.47. The zero-order valence-corrected chi connectivity index (χ0v) is 15.2. The molecular weight excluding hydrogens is 328 g/mol. The molecule has 2 N–H and O–H groups in total. The highest BCUT2D eigenvalue weighted by atomic mass is 16.2. The van der Waals surface area contributed by atoms with Crippen LogP contribution in [-0.2, 0) is 0 Å². The normalized spacial score (nSPS) is 15.0. The van der Waals surface area contributed by atoms with E-state index in [9.17, 15) is 9.59 Å². The van der Waals surface area contributed by atoms with Crippen LogP contribution in [0.3, 0.4) is 0 Å². The molecule has 1 amide bonds. The summed E-state index contributed by atoms with van der Waals surface area (Å²) in [5.41, 5.74) is 1.87. The van der Waals surface area contributed by atoms with E-state index in [2.05, 4.69) is 44.4 Å². The van der Waals surface area contributed by atoms with Gasteiger partial charge in [0.05, 0.1) is 0 Å². The Labute approximate surface area is 153 Å². The number of benzene rings is 1. The number of carbonyl (C=O) groups excluding carboxylic acids is 1. The molecule has 0 aliphatic carbocycles. The Hall–Kier alpha value is -2.60. The first-order valence-electron chi connectivity index (χ1n) is 9.14. The van der Waals surface area contributed by atoms with Gasteiger partial charge in [-0.2, -0.15) is 0 Å². The summed E-state index contributed by atoms with van der Waals surface area (Å²) in [6.45, 7) is 7.42. The standard InChI is InChI=1S/C20H26N4O2/c1-16-8-9-18(20(26)22-16)19(25)21-10-5-11-23-12-14-24(15-13-23)17-6-3-2-4-7-17/h2-4,6-9H,5,10-15H2,1H3,(H,21,25)(H,22,26). The Morgan fingerprint density at radius 2 is 1.81 bits per heavy atom. The predicted octanol–water partition coefficient (Wildman–Crippen LogP) is 1.63. The van der Waals surface area contributed by atoms with Gasteiger partial charge in [0, 0.05) is 44.1 Å². The molecule has 1 saturated heterocycles. The van der Waals surface area contributed by atoms with E-state index in [1.807, 2.05) is 6.07 Å².